The summed E-state index contributed by atoms with van der Waals surface area (Å²) in [6.45, 7) is 2.02. The standard InChI is InChI=1S/C23H19N3O2/c1-15-6-7-17-14-21(20-5-3-4-12-24-20)25-22(19(17)13-15)26-23(27)16-8-10-18(28-2)11-9-16/h3-14H,1-2H3,(H,25,26,27). The van der Waals surface area contributed by atoms with Gasteiger partial charge in [0.2, 0.25) is 0 Å². The number of aromatic nitrogens is 2. The van der Waals surface area contributed by atoms with Crippen molar-refractivity contribution < 1.29 is 9.53 Å². The van der Waals surface area contributed by atoms with Crippen LogP contribution in [0.4, 0.5) is 5.82 Å². The molecule has 0 spiro atoms. The smallest absolute Gasteiger partial charge is 0.256 e. The largest absolute Gasteiger partial charge is 0.497 e. The van der Waals surface area contributed by atoms with Gasteiger partial charge in [-0.05, 0) is 60.8 Å². The number of methoxy groups -OCH3 is 1. The van der Waals surface area contributed by atoms with Gasteiger partial charge in [-0.1, -0.05) is 23.8 Å². The van der Waals surface area contributed by atoms with Crippen molar-refractivity contribution in [3.63, 3.8) is 0 Å². The molecular formula is C23H19N3O2. The molecule has 0 fully saturated rings. The maximum atomic E-state index is 12.8. The van der Waals surface area contributed by atoms with Gasteiger partial charge in [-0.2, -0.15) is 0 Å². The maximum Gasteiger partial charge on any atom is 0.256 e. The van der Waals surface area contributed by atoms with Gasteiger partial charge in [0.15, 0.2) is 0 Å². The zero-order chi connectivity index (χ0) is 19.5. The molecule has 5 nitrogen and oxygen atoms in total. The monoisotopic (exact) mass is 369 g/mol. The fourth-order valence-corrected chi connectivity index (χ4v) is 3.02. The van der Waals surface area contributed by atoms with Crippen LogP contribution in [-0.4, -0.2) is 23.0 Å². The van der Waals surface area contributed by atoms with E-state index >= 15 is 0 Å². The number of pyridine rings is 2. The third kappa shape index (κ3) is 3.55. The van der Waals surface area contributed by atoms with Crippen LogP contribution < -0.4 is 10.1 Å². The number of rotatable bonds is 4. The molecule has 1 N–H and O–H groups in total. The number of hydrogen-bond acceptors (Lipinski definition) is 4. The molecule has 0 atom stereocenters. The number of carbonyl (C=O) groups is 1. The molecule has 5 heteroatoms. The van der Waals surface area contributed by atoms with E-state index in [2.05, 4.69) is 10.3 Å². The van der Waals surface area contributed by atoms with Gasteiger partial charge >= 0.3 is 0 Å². The van der Waals surface area contributed by atoms with Crippen molar-refractivity contribution in [3.05, 3.63) is 84.1 Å². The molecule has 0 saturated carbocycles. The third-order valence-electron chi connectivity index (χ3n) is 4.50. The zero-order valence-electron chi connectivity index (χ0n) is 15.6. The Morgan fingerprint density at radius 2 is 1.79 bits per heavy atom. The number of amides is 1. The van der Waals surface area contributed by atoms with Crippen molar-refractivity contribution in [2.75, 3.05) is 12.4 Å². The van der Waals surface area contributed by atoms with Gasteiger partial charge in [0.25, 0.3) is 5.91 Å². The highest BCUT2D eigenvalue weighted by Crippen LogP contribution is 2.28. The molecule has 2 heterocycles. The summed E-state index contributed by atoms with van der Waals surface area (Å²) in [5.74, 6) is 0.992. The average molecular weight is 369 g/mol. The molecule has 2 aromatic heterocycles. The molecule has 28 heavy (non-hydrogen) atoms. The van der Waals surface area contributed by atoms with Gasteiger partial charge in [-0.15, -0.1) is 0 Å². The summed E-state index contributed by atoms with van der Waals surface area (Å²) in [6, 6.07) is 20.7. The molecule has 0 radical (unpaired) electrons. The Morgan fingerprint density at radius 3 is 2.50 bits per heavy atom. The van der Waals surface area contributed by atoms with Crippen LogP contribution in [0.5, 0.6) is 5.75 Å². The Kier molecular flexibility index (Phi) is 4.72. The second-order valence-corrected chi connectivity index (χ2v) is 6.48. The SMILES string of the molecule is COc1ccc(C(=O)Nc2nc(-c3ccccn3)cc3ccc(C)cc23)cc1. The van der Waals surface area contributed by atoms with Gasteiger partial charge in [0, 0.05) is 17.1 Å². The van der Waals surface area contributed by atoms with Crippen molar-refractivity contribution in [1.29, 1.82) is 0 Å². The number of aryl methyl sites for hydroxylation is 1. The van der Waals surface area contributed by atoms with Crippen molar-refractivity contribution in [3.8, 4) is 17.1 Å². The Balaban J connectivity index is 1.77. The predicted molar refractivity (Wildman–Crippen MR) is 111 cm³/mol. The molecule has 4 rings (SSSR count). The highest BCUT2D eigenvalue weighted by atomic mass is 16.5. The average Bonchev–Trinajstić information content (AvgIpc) is 2.74. The molecule has 0 unspecified atom stereocenters. The second-order valence-electron chi connectivity index (χ2n) is 6.48. The van der Waals surface area contributed by atoms with E-state index in [1.807, 2.05) is 49.4 Å². The molecule has 0 aliphatic heterocycles. The predicted octanol–water partition coefficient (Wildman–Crippen LogP) is 4.87. The van der Waals surface area contributed by atoms with E-state index in [1.165, 1.54) is 0 Å². The van der Waals surface area contributed by atoms with E-state index in [9.17, 15) is 4.79 Å². The lowest BCUT2D eigenvalue weighted by atomic mass is 10.1. The van der Waals surface area contributed by atoms with E-state index in [1.54, 1.807) is 37.6 Å². The number of anilines is 1. The molecule has 0 bridgehead atoms. The molecule has 0 aliphatic rings. The van der Waals surface area contributed by atoms with Gasteiger partial charge in [0.05, 0.1) is 18.5 Å². The lowest BCUT2D eigenvalue weighted by Gasteiger charge is -2.12. The Labute approximate surface area is 163 Å². The third-order valence-corrected chi connectivity index (χ3v) is 4.50. The van der Waals surface area contributed by atoms with Crippen LogP contribution in [0.25, 0.3) is 22.2 Å². The highest BCUT2D eigenvalue weighted by Gasteiger charge is 2.13. The zero-order valence-corrected chi connectivity index (χ0v) is 15.6. The van der Waals surface area contributed by atoms with Crippen LogP contribution in [0.1, 0.15) is 15.9 Å². The number of nitrogens with zero attached hydrogens (tertiary/aromatic N) is 2. The summed E-state index contributed by atoms with van der Waals surface area (Å²) in [6.07, 6.45) is 1.73. The first-order chi connectivity index (χ1) is 13.6. The number of carbonyl (C=O) groups excluding carboxylic acids is 1. The Morgan fingerprint density at radius 1 is 0.964 bits per heavy atom. The number of hydrogen-bond donors (Lipinski definition) is 1. The Bertz CT molecular complexity index is 1140. The molecule has 1 amide bonds. The van der Waals surface area contributed by atoms with Gasteiger partial charge in [-0.25, -0.2) is 4.98 Å². The maximum absolute atomic E-state index is 12.8. The summed E-state index contributed by atoms with van der Waals surface area (Å²) in [7, 11) is 1.59. The van der Waals surface area contributed by atoms with Crippen molar-refractivity contribution in [2.24, 2.45) is 0 Å². The molecular weight excluding hydrogens is 350 g/mol. The molecule has 4 aromatic rings. The molecule has 2 aromatic carbocycles. The summed E-state index contributed by atoms with van der Waals surface area (Å²) < 4.78 is 5.15. The van der Waals surface area contributed by atoms with Crippen molar-refractivity contribution in [1.82, 2.24) is 9.97 Å². The number of ether oxygens (including phenoxy) is 1. The lowest BCUT2D eigenvalue weighted by molar-refractivity contribution is 0.102. The first kappa shape index (κ1) is 17.7. The fraction of sp³-hybridized carbons (Fsp3) is 0.0870. The van der Waals surface area contributed by atoms with Crippen LogP contribution in [0.3, 0.4) is 0 Å². The van der Waals surface area contributed by atoms with E-state index in [-0.39, 0.29) is 5.91 Å². The highest BCUT2D eigenvalue weighted by molar-refractivity contribution is 6.08. The van der Waals surface area contributed by atoms with Gasteiger partial charge in [-0.3, -0.25) is 9.78 Å². The van der Waals surface area contributed by atoms with Crippen LogP contribution in [-0.2, 0) is 0 Å². The number of nitrogens with one attached hydrogen (secondary N) is 1. The topological polar surface area (TPSA) is 64.1 Å². The van der Waals surface area contributed by atoms with Crippen molar-refractivity contribution >= 4 is 22.5 Å². The quantitative estimate of drug-likeness (QED) is 0.558. The summed E-state index contributed by atoms with van der Waals surface area (Å²) in [5, 5.41) is 4.84. The van der Waals surface area contributed by atoms with Gasteiger partial charge in [0.1, 0.15) is 11.6 Å². The Hall–Kier alpha value is -3.73. The number of fused-ring (bicyclic) bond motifs is 1. The summed E-state index contributed by atoms with van der Waals surface area (Å²) in [4.78, 5) is 21.9. The van der Waals surface area contributed by atoms with Gasteiger partial charge < -0.3 is 10.1 Å². The molecule has 138 valence electrons. The van der Waals surface area contributed by atoms with Crippen LogP contribution in [0.2, 0.25) is 0 Å². The van der Waals surface area contributed by atoms with Crippen molar-refractivity contribution in [2.45, 2.75) is 6.92 Å². The normalized spacial score (nSPS) is 10.6. The molecule has 0 saturated heterocycles. The minimum Gasteiger partial charge on any atom is -0.497 e. The minimum absolute atomic E-state index is 0.226. The van der Waals surface area contributed by atoms with Crippen LogP contribution >= 0.6 is 0 Å². The molecule has 0 aliphatic carbocycles. The lowest BCUT2D eigenvalue weighted by Crippen LogP contribution is -2.13. The van der Waals surface area contributed by atoms with E-state index < -0.39 is 0 Å². The summed E-state index contributed by atoms with van der Waals surface area (Å²) in [5.41, 5.74) is 3.10. The second kappa shape index (κ2) is 7.48. The van der Waals surface area contributed by atoms with Crippen LogP contribution in [0, 0.1) is 6.92 Å². The van der Waals surface area contributed by atoms with E-state index in [4.69, 9.17) is 9.72 Å². The van der Waals surface area contributed by atoms with E-state index in [0.29, 0.717) is 22.8 Å². The van der Waals surface area contributed by atoms with Crippen LogP contribution in [0.15, 0.2) is 72.9 Å². The first-order valence-electron chi connectivity index (χ1n) is 8.92. The summed E-state index contributed by atoms with van der Waals surface area (Å²) >= 11 is 0. The fourth-order valence-electron chi connectivity index (χ4n) is 3.02. The number of benzene rings is 2. The first-order valence-corrected chi connectivity index (χ1v) is 8.92. The minimum atomic E-state index is -0.226. The van der Waals surface area contributed by atoms with E-state index in [0.717, 1.165) is 22.0 Å².